The van der Waals surface area contributed by atoms with Crippen molar-refractivity contribution in [3.63, 3.8) is 0 Å². The normalized spacial score (nSPS) is 10.4. The molecule has 0 saturated heterocycles. The van der Waals surface area contributed by atoms with Crippen molar-refractivity contribution < 1.29 is 0 Å². The number of aromatic nitrogens is 2. The van der Waals surface area contributed by atoms with E-state index in [4.69, 9.17) is 17.3 Å². The van der Waals surface area contributed by atoms with Gasteiger partial charge in [-0.15, -0.1) is 0 Å². The molecular weight excluding hydrogens is 316 g/mol. The molecule has 1 aromatic carbocycles. The van der Waals surface area contributed by atoms with Crippen molar-refractivity contribution in [3.05, 3.63) is 39.7 Å². The number of rotatable bonds is 3. The van der Waals surface area contributed by atoms with Crippen molar-refractivity contribution in [1.29, 1.82) is 0 Å². The van der Waals surface area contributed by atoms with Crippen molar-refractivity contribution in [2.75, 3.05) is 11.1 Å². The van der Waals surface area contributed by atoms with Crippen LogP contribution in [0.25, 0.3) is 0 Å². The van der Waals surface area contributed by atoms with Crippen LogP contribution in [0.3, 0.4) is 0 Å². The lowest BCUT2D eigenvalue weighted by molar-refractivity contribution is 1.13. The summed E-state index contributed by atoms with van der Waals surface area (Å²) in [5.74, 6) is 0.520. The van der Waals surface area contributed by atoms with Crippen LogP contribution in [0, 0.1) is 0 Å². The zero-order valence-corrected chi connectivity index (χ0v) is 12.1. The van der Waals surface area contributed by atoms with Gasteiger partial charge in [0.2, 0.25) is 5.28 Å². The fourth-order valence-electron chi connectivity index (χ4n) is 1.57. The number of benzene rings is 1. The molecule has 0 unspecified atom stereocenters. The summed E-state index contributed by atoms with van der Waals surface area (Å²) in [4.78, 5) is 7.89. The van der Waals surface area contributed by atoms with Crippen LogP contribution in [0.4, 0.5) is 17.2 Å². The molecule has 4 nitrogen and oxygen atoms in total. The van der Waals surface area contributed by atoms with E-state index < -0.39 is 0 Å². The van der Waals surface area contributed by atoms with Crippen molar-refractivity contribution in [2.24, 2.45) is 0 Å². The van der Waals surface area contributed by atoms with E-state index in [1.165, 1.54) is 11.8 Å². The van der Waals surface area contributed by atoms with Crippen LogP contribution in [-0.4, -0.2) is 9.97 Å². The molecule has 3 N–H and O–H groups in total. The third-order valence-corrected chi connectivity index (χ3v) is 3.16. The van der Waals surface area contributed by atoms with Gasteiger partial charge in [0.1, 0.15) is 0 Å². The smallest absolute Gasteiger partial charge is 0.224 e. The van der Waals surface area contributed by atoms with Gasteiger partial charge in [-0.25, -0.2) is 4.98 Å². The summed E-state index contributed by atoms with van der Waals surface area (Å²) in [7, 11) is 0. The predicted octanol–water partition coefficient (Wildman–Crippen LogP) is 3.78. The first-order chi connectivity index (χ1) is 8.60. The highest BCUT2D eigenvalue weighted by atomic mass is 79.9. The fraction of sp³-hybridized carbons (Fsp3) is 0.167. The van der Waals surface area contributed by atoms with Crippen LogP contribution in [0.1, 0.15) is 12.5 Å². The number of hydrogen-bond donors (Lipinski definition) is 2. The Bertz CT molecular complexity index is 574. The number of anilines is 3. The monoisotopic (exact) mass is 326 g/mol. The lowest BCUT2D eigenvalue weighted by Crippen LogP contribution is -2.02. The lowest BCUT2D eigenvalue weighted by Gasteiger charge is -2.12. The van der Waals surface area contributed by atoms with E-state index in [0.29, 0.717) is 11.5 Å². The maximum absolute atomic E-state index is 5.80. The highest BCUT2D eigenvalue weighted by molar-refractivity contribution is 9.10. The van der Waals surface area contributed by atoms with Crippen LogP contribution in [-0.2, 0) is 6.42 Å². The second kappa shape index (κ2) is 5.54. The Morgan fingerprint density at radius 1 is 1.44 bits per heavy atom. The molecule has 0 atom stereocenters. The van der Waals surface area contributed by atoms with Crippen LogP contribution in [0.5, 0.6) is 0 Å². The summed E-state index contributed by atoms with van der Waals surface area (Å²) in [6.45, 7) is 2.09. The van der Waals surface area contributed by atoms with Gasteiger partial charge in [-0.2, -0.15) is 4.98 Å². The van der Waals surface area contributed by atoms with Gasteiger partial charge >= 0.3 is 0 Å². The standard InChI is InChI=1S/C12H12BrClN4/c1-2-7-5-8(13)3-4-10(7)17-11-9(15)6-16-12(14)18-11/h3-6H,2,15H2,1H3,(H,16,17,18). The Balaban J connectivity index is 2.36. The highest BCUT2D eigenvalue weighted by Gasteiger charge is 2.07. The predicted molar refractivity (Wildman–Crippen MR) is 78.3 cm³/mol. The third-order valence-electron chi connectivity index (χ3n) is 2.49. The molecule has 2 rings (SSSR count). The maximum Gasteiger partial charge on any atom is 0.224 e. The van der Waals surface area contributed by atoms with E-state index in [1.807, 2.05) is 12.1 Å². The minimum absolute atomic E-state index is 0.168. The maximum atomic E-state index is 5.80. The molecule has 0 aliphatic carbocycles. The summed E-state index contributed by atoms with van der Waals surface area (Å²) in [5, 5.41) is 3.35. The van der Waals surface area contributed by atoms with Crippen molar-refractivity contribution >= 4 is 44.7 Å². The molecule has 1 aromatic heterocycles. The fourth-order valence-corrected chi connectivity index (χ4v) is 2.12. The number of nitrogens with zero attached hydrogens (tertiary/aromatic N) is 2. The van der Waals surface area contributed by atoms with Gasteiger partial charge in [-0.1, -0.05) is 22.9 Å². The Kier molecular flexibility index (Phi) is 4.04. The molecule has 1 heterocycles. The minimum Gasteiger partial charge on any atom is -0.394 e. The number of nitrogens with one attached hydrogen (secondary N) is 1. The van der Waals surface area contributed by atoms with E-state index in [1.54, 1.807) is 0 Å². The van der Waals surface area contributed by atoms with Crippen molar-refractivity contribution in [1.82, 2.24) is 9.97 Å². The van der Waals surface area contributed by atoms with Crippen LogP contribution in [0.2, 0.25) is 5.28 Å². The molecular formula is C12H12BrClN4. The SMILES string of the molecule is CCc1cc(Br)ccc1Nc1nc(Cl)ncc1N. The number of nitrogens with two attached hydrogens (primary N) is 1. The van der Waals surface area contributed by atoms with Gasteiger partial charge in [-0.05, 0) is 41.8 Å². The summed E-state index contributed by atoms with van der Waals surface area (Å²) in [6, 6.07) is 5.99. The number of nitrogen functional groups attached to an aromatic ring is 1. The number of halogens is 2. The molecule has 0 spiro atoms. The molecule has 0 aliphatic rings. The third kappa shape index (κ3) is 2.91. The molecule has 0 radical (unpaired) electrons. The first-order valence-corrected chi connectivity index (χ1v) is 6.60. The van der Waals surface area contributed by atoms with E-state index in [2.05, 4.69) is 44.2 Å². The molecule has 94 valence electrons. The van der Waals surface area contributed by atoms with Crippen LogP contribution < -0.4 is 11.1 Å². The van der Waals surface area contributed by atoms with E-state index in [0.717, 1.165) is 16.6 Å². The summed E-state index contributed by atoms with van der Waals surface area (Å²) >= 11 is 9.21. The molecule has 0 amide bonds. The molecule has 0 saturated carbocycles. The second-order valence-corrected chi connectivity index (χ2v) is 4.98. The Morgan fingerprint density at radius 3 is 2.94 bits per heavy atom. The molecule has 18 heavy (non-hydrogen) atoms. The molecule has 0 fully saturated rings. The van der Waals surface area contributed by atoms with Crippen molar-refractivity contribution in [3.8, 4) is 0 Å². The summed E-state index contributed by atoms with van der Waals surface area (Å²) in [6.07, 6.45) is 2.39. The quantitative estimate of drug-likeness (QED) is 0.842. The van der Waals surface area contributed by atoms with Crippen molar-refractivity contribution in [2.45, 2.75) is 13.3 Å². The summed E-state index contributed by atoms with van der Waals surface area (Å²) < 4.78 is 1.04. The Morgan fingerprint density at radius 2 is 2.22 bits per heavy atom. The average molecular weight is 328 g/mol. The molecule has 6 heteroatoms. The van der Waals surface area contributed by atoms with Gasteiger partial charge < -0.3 is 11.1 Å². The molecule has 2 aromatic rings. The van der Waals surface area contributed by atoms with E-state index >= 15 is 0 Å². The first kappa shape index (κ1) is 13.1. The van der Waals surface area contributed by atoms with Gasteiger partial charge in [0.25, 0.3) is 0 Å². The Hall–Kier alpha value is -1.33. The number of hydrogen-bond acceptors (Lipinski definition) is 4. The molecule has 0 bridgehead atoms. The summed E-state index contributed by atoms with van der Waals surface area (Å²) in [5.41, 5.74) is 8.39. The van der Waals surface area contributed by atoms with Crippen LogP contribution >= 0.6 is 27.5 Å². The molecule has 0 aliphatic heterocycles. The van der Waals surface area contributed by atoms with Gasteiger partial charge in [-0.3, -0.25) is 0 Å². The van der Waals surface area contributed by atoms with Gasteiger partial charge in [0, 0.05) is 10.2 Å². The van der Waals surface area contributed by atoms with Crippen LogP contribution in [0.15, 0.2) is 28.9 Å². The van der Waals surface area contributed by atoms with E-state index in [-0.39, 0.29) is 5.28 Å². The zero-order valence-electron chi connectivity index (χ0n) is 9.74. The number of aryl methyl sites for hydroxylation is 1. The van der Waals surface area contributed by atoms with Gasteiger partial charge in [0.05, 0.1) is 11.9 Å². The lowest BCUT2D eigenvalue weighted by atomic mass is 10.1. The zero-order chi connectivity index (χ0) is 13.1. The average Bonchev–Trinajstić information content (AvgIpc) is 2.36. The highest BCUT2D eigenvalue weighted by Crippen LogP contribution is 2.26. The Labute approximate surface area is 119 Å². The topological polar surface area (TPSA) is 63.8 Å². The van der Waals surface area contributed by atoms with E-state index in [9.17, 15) is 0 Å². The van der Waals surface area contributed by atoms with Gasteiger partial charge in [0.15, 0.2) is 5.82 Å². The first-order valence-electron chi connectivity index (χ1n) is 5.43. The largest absolute Gasteiger partial charge is 0.394 e. The minimum atomic E-state index is 0.168. The second-order valence-electron chi connectivity index (χ2n) is 3.72.